The number of anilines is 1. The van der Waals surface area contributed by atoms with Crippen LogP contribution in [-0.4, -0.2) is 16.3 Å². The predicted octanol–water partition coefficient (Wildman–Crippen LogP) is 3.54. The van der Waals surface area contributed by atoms with Crippen molar-refractivity contribution >= 4 is 5.69 Å². The number of nitrogens with zero attached hydrogens (tertiary/aromatic N) is 2. The van der Waals surface area contributed by atoms with Crippen molar-refractivity contribution in [2.24, 2.45) is 5.41 Å². The first-order chi connectivity index (χ1) is 7.22. The molecule has 0 amide bonds. The zero-order valence-corrected chi connectivity index (χ0v) is 11.7. The molecule has 3 nitrogen and oxygen atoms in total. The average Bonchev–Trinajstić information content (AvgIpc) is 2.38. The third kappa shape index (κ3) is 3.00. The van der Waals surface area contributed by atoms with Crippen LogP contribution in [0.2, 0.25) is 0 Å². The lowest BCUT2D eigenvalue weighted by atomic mass is 9.97. The fraction of sp³-hybridized carbons (Fsp3) is 0.769. The van der Waals surface area contributed by atoms with Crippen LogP contribution >= 0.6 is 0 Å². The van der Waals surface area contributed by atoms with Crippen LogP contribution in [0.5, 0.6) is 0 Å². The van der Waals surface area contributed by atoms with Gasteiger partial charge in [0.15, 0.2) is 0 Å². The normalized spacial score (nSPS) is 12.2. The highest BCUT2D eigenvalue weighted by molar-refractivity contribution is 5.52. The number of aryl methyl sites for hydroxylation is 1. The lowest BCUT2D eigenvalue weighted by Crippen LogP contribution is -2.19. The second-order valence-corrected chi connectivity index (χ2v) is 6.00. The molecule has 0 bridgehead atoms. The van der Waals surface area contributed by atoms with Gasteiger partial charge in [0.2, 0.25) is 0 Å². The van der Waals surface area contributed by atoms with Crippen LogP contribution in [0.25, 0.3) is 0 Å². The van der Waals surface area contributed by atoms with E-state index in [4.69, 9.17) is 0 Å². The number of hydrogen-bond donors (Lipinski definition) is 1. The molecule has 0 radical (unpaired) electrons. The zero-order valence-electron chi connectivity index (χ0n) is 11.7. The third-order valence-corrected chi connectivity index (χ3v) is 2.61. The summed E-state index contributed by atoms with van der Waals surface area (Å²) in [6.45, 7) is 16.2. The fourth-order valence-corrected chi connectivity index (χ4v) is 1.78. The molecule has 1 aromatic heterocycles. The first-order valence-corrected chi connectivity index (χ1v) is 6.02. The van der Waals surface area contributed by atoms with Crippen LogP contribution in [0.1, 0.15) is 52.0 Å². The summed E-state index contributed by atoms with van der Waals surface area (Å²) in [5.74, 6) is 0. The molecule has 0 aliphatic heterocycles. The molecule has 0 saturated heterocycles. The maximum atomic E-state index is 4.56. The molecule has 92 valence electrons. The SMILES string of the molecule is Cc1nn(C(C)C)c(C)c1NCC(C)(C)C. The number of rotatable bonds is 3. The van der Waals surface area contributed by atoms with Crippen molar-refractivity contribution in [3.05, 3.63) is 11.4 Å². The highest BCUT2D eigenvalue weighted by Gasteiger charge is 2.16. The molecule has 1 aromatic rings. The molecular weight excluding hydrogens is 198 g/mol. The van der Waals surface area contributed by atoms with E-state index in [9.17, 15) is 0 Å². The van der Waals surface area contributed by atoms with Crippen LogP contribution in [0.3, 0.4) is 0 Å². The van der Waals surface area contributed by atoms with Crippen molar-refractivity contribution in [3.8, 4) is 0 Å². The molecule has 1 rings (SSSR count). The molecule has 0 fully saturated rings. The molecule has 0 unspecified atom stereocenters. The number of aromatic nitrogens is 2. The lowest BCUT2D eigenvalue weighted by Gasteiger charge is -2.20. The maximum Gasteiger partial charge on any atom is 0.0828 e. The minimum atomic E-state index is 0.290. The van der Waals surface area contributed by atoms with Gasteiger partial charge in [0.1, 0.15) is 0 Å². The van der Waals surface area contributed by atoms with E-state index < -0.39 is 0 Å². The van der Waals surface area contributed by atoms with Gasteiger partial charge in [-0.15, -0.1) is 0 Å². The summed E-state index contributed by atoms with van der Waals surface area (Å²) in [5.41, 5.74) is 3.81. The van der Waals surface area contributed by atoms with Gasteiger partial charge in [0, 0.05) is 12.6 Å². The molecule has 1 N–H and O–H groups in total. The Hall–Kier alpha value is -0.990. The van der Waals surface area contributed by atoms with E-state index in [1.54, 1.807) is 0 Å². The molecule has 0 aliphatic carbocycles. The molecule has 0 aliphatic rings. The van der Waals surface area contributed by atoms with E-state index >= 15 is 0 Å². The standard InChI is InChI=1S/C13H25N3/c1-9(2)16-11(4)12(10(3)15-16)14-8-13(5,6)7/h9,14H,8H2,1-7H3. The topological polar surface area (TPSA) is 29.9 Å². The van der Waals surface area contributed by atoms with E-state index in [1.165, 1.54) is 11.4 Å². The molecule has 0 saturated carbocycles. The Morgan fingerprint density at radius 1 is 1.25 bits per heavy atom. The van der Waals surface area contributed by atoms with E-state index in [0.717, 1.165) is 12.2 Å². The lowest BCUT2D eigenvalue weighted by molar-refractivity contribution is 0.443. The Labute approximate surface area is 99.2 Å². The highest BCUT2D eigenvalue weighted by atomic mass is 15.3. The summed E-state index contributed by atoms with van der Waals surface area (Å²) >= 11 is 0. The van der Waals surface area contributed by atoms with Gasteiger partial charge < -0.3 is 5.32 Å². The van der Waals surface area contributed by atoms with E-state index in [-0.39, 0.29) is 0 Å². The van der Waals surface area contributed by atoms with E-state index in [1.807, 2.05) is 0 Å². The largest absolute Gasteiger partial charge is 0.382 e. The first-order valence-electron chi connectivity index (χ1n) is 6.02. The molecule has 3 heteroatoms. The summed E-state index contributed by atoms with van der Waals surface area (Å²) in [5, 5.41) is 8.08. The minimum absolute atomic E-state index is 0.290. The van der Waals surface area contributed by atoms with E-state index in [2.05, 4.69) is 63.6 Å². The third-order valence-electron chi connectivity index (χ3n) is 2.61. The van der Waals surface area contributed by atoms with Crippen molar-refractivity contribution < 1.29 is 0 Å². The first kappa shape index (κ1) is 13.1. The van der Waals surface area contributed by atoms with Crippen molar-refractivity contribution in [3.63, 3.8) is 0 Å². The molecule has 16 heavy (non-hydrogen) atoms. The van der Waals surface area contributed by atoms with Gasteiger partial charge in [-0.05, 0) is 33.1 Å². The van der Waals surface area contributed by atoms with Gasteiger partial charge in [0.25, 0.3) is 0 Å². The van der Waals surface area contributed by atoms with Gasteiger partial charge >= 0.3 is 0 Å². The van der Waals surface area contributed by atoms with Crippen LogP contribution < -0.4 is 5.32 Å². The number of nitrogens with one attached hydrogen (secondary N) is 1. The Morgan fingerprint density at radius 2 is 1.81 bits per heavy atom. The molecule has 0 aromatic carbocycles. The summed E-state index contributed by atoms with van der Waals surface area (Å²) in [6, 6.07) is 0.420. The Kier molecular flexibility index (Phi) is 3.66. The van der Waals surface area contributed by atoms with Crippen molar-refractivity contribution in [1.29, 1.82) is 0 Å². The average molecular weight is 223 g/mol. The van der Waals surface area contributed by atoms with Gasteiger partial charge in [-0.1, -0.05) is 20.8 Å². The summed E-state index contributed by atoms with van der Waals surface area (Å²) < 4.78 is 2.08. The van der Waals surface area contributed by atoms with Crippen LogP contribution in [0.15, 0.2) is 0 Å². The van der Waals surface area contributed by atoms with Crippen molar-refractivity contribution in [1.82, 2.24) is 9.78 Å². The monoisotopic (exact) mass is 223 g/mol. The quantitative estimate of drug-likeness (QED) is 0.849. The van der Waals surface area contributed by atoms with Gasteiger partial charge in [-0.2, -0.15) is 5.10 Å². The second-order valence-electron chi connectivity index (χ2n) is 6.00. The molecular formula is C13H25N3. The Bertz CT molecular complexity index is 356. The molecule has 0 spiro atoms. The van der Waals surface area contributed by atoms with Crippen LogP contribution in [-0.2, 0) is 0 Å². The molecule has 0 atom stereocenters. The fourth-order valence-electron chi connectivity index (χ4n) is 1.78. The van der Waals surface area contributed by atoms with Crippen LogP contribution in [0.4, 0.5) is 5.69 Å². The highest BCUT2D eigenvalue weighted by Crippen LogP contribution is 2.24. The minimum Gasteiger partial charge on any atom is -0.382 e. The maximum absolute atomic E-state index is 4.56. The Balaban J connectivity index is 2.89. The smallest absolute Gasteiger partial charge is 0.0828 e. The van der Waals surface area contributed by atoms with Crippen molar-refractivity contribution in [2.75, 3.05) is 11.9 Å². The predicted molar refractivity (Wildman–Crippen MR) is 70.0 cm³/mol. The Morgan fingerprint density at radius 3 is 2.19 bits per heavy atom. The second kappa shape index (κ2) is 4.48. The van der Waals surface area contributed by atoms with Crippen molar-refractivity contribution in [2.45, 2.75) is 54.5 Å². The van der Waals surface area contributed by atoms with Gasteiger partial charge in [-0.3, -0.25) is 4.68 Å². The zero-order chi connectivity index (χ0) is 12.5. The van der Waals surface area contributed by atoms with E-state index in [0.29, 0.717) is 11.5 Å². The summed E-state index contributed by atoms with van der Waals surface area (Å²) in [6.07, 6.45) is 0. The number of hydrogen-bond acceptors (Lipinski definition) is 2. The van der Waals surface area contributed by atoms with Gasteiger partial charge in [-0.25, -0.2) is 0 Å². The van der Waals surface area contributed by atoms with Crippen LogP contribution in [0, 0.1) is 19.3 Å². The summed E-state index contributed by atoms with van der Waals surface area (Å²) in [4.78, 5) is 0. The van der Waals surface area contributed by atoms with Gasteiger partial charge in [0.05, 0.1) is 17.1 Å². The molecule has 1 heterocycles. The summed E-state index contributed by atoms with van der Waals surface area (Å²) in [7, 11) is 0.